The summed E-state index contributed by atoms with van der Waals surface area (Å²) in [4.78, 5) is 11.4. The minimum Gasteiger partial charge on any atom is -0.385 e. The number of rotatable bonds is 3. The molecule has 0 aromatic carbocycles. The molecular formula is C8H14N4O. The second-order valence-corrected chi connectivity index (χ2v) is 2.67. The number of aromatic nitrogens is 2. The maximum Gasteiger partial charge on any atom is 0.273 e. The van der Waals surface area contributed by atoms with Gasteiger partial charge in [-0.05, 0) is 6.92 Å². The van der Waals surface area contributed by atoms with Crippen LogP contribution < -0.4 is 10.6 Å². The van der Waals surface area contributed by atoms with Crippen molar-refractivity contribution in [3.63, 3.8) is 0 Å². The van der Waals surface area contributed by atoms with E-state index in [9.17, 15) is 4.79 Å². The van der Waals surface area contributed by atoms with Gasteiger partial charge in [-0.1, -0.05) is 0 Å². The molecular weight excluding hydrogens is 168 g/mol. The highest BCUT2D eigenvalue weighted by atomic mass is 16.1. The lowest BCUT2D eigenvalue weighted by Crippen LogP contribution is -2.24. The molecule has 1 amide bonds. The van der Waals surface area contributed by atoms with E-state index in [4.69, 9.17) is 0 Å². The monoisotopic (exact) mass is 182 g/mol. The first-order valence-electron chi connectivity index (χ1n) is 4.18. The van der Waals surface area contributed by atoms with Crippen molar-refractivity contribution in [3.05, 3.63) is 11.9 Å². The summed E-state index contributed by atoms with van der Waals surface area (Å²) in [7, 11) is 3.54. The van der Waals surface area contributed by atoms with Crippen molar-refractivity contribution in [1.29, 1.82) is 0 Å². The maximum atomic E-state index is 11.4. The van der Waals surface area contributed by atoms with Crippen LogP contribution in [0.5, 0.6) is 0 Å². The second kappa shape index (κ2) is 3.93. The topological polar surface area (TPSA) is 59.0 Å². The summed E-state index contributed by atoms with van der Waals surface area (Å²) in [6.07, 6.45) is 1.77. The summed E-state index contributed by atoms with van der Waals surface area (Å²) in [6.45, 7) is 2.48. The second-order valence-electron chi connectivity index (χ2n) is 2.67. The fraction of sp³-hybridized carbons (Fsp3) is 0.500. The smallest absolute Gasteiger partial charge is 0.273 e. The van der Waals surface area contributed by atoms with Gasteiger partial charge < -0.3 is 10.6 Å². The van der Waals surface area contributed by atoms with Gasteiger partial charge in [-0.2, -0.15) is 5.10 Å². The van der Waals surface area contributed by atoms with Gasteiger partial charge in [0.15, 0.2) is 5.69 Å². The van der Waals surface area contributed by atoms with Gasteiger partial charge in [0.2, 0.25) is 0 Å². The van der Waals surface area contributed by atoms with Crippen LogP contribution in [0.15, 0.2) is 6.20 Å². The van der Waals surface area contributed by atoms with Crippen LogP contribution in [0, 0.1) is 0 Å². The van der Waals surface area contributed by atoms with Crippen molar-refractivity contribution in [2.45, 2.75) is 6.92 Å². The Balaban J connectivity index is 2.91. The lowest BCUT2D eigenvalue weighted by Gasteiger charge is -2.00. The Morgan fingerprint density at radius 3 is 2.92 bits per heavy atom. The first-order chi connectivity index (χ1) is 6.19. The number of nitrogens with zero attached hydrogens (tertiary/aromatic N) is 2. The van der Waals surface area contributed by atoms with E-state index in [2.05, 4.69) is 15.7 Å². The van der Waals surface area contributed by atoms with Gasteiger partial charge in [-0.25, -0.2) is 0 Å². The molecule has 1 heterocycles. The van der Waals surface area contributed by atoms with Crippen molar-refractivity contribution in [1.82, 2.24) is 15.1 Å². The fourth-order valence-corrected chi connectivity index (χ4v) is 1.08. The summed E-state index contributed by atoms with van der Waals surface area (Å²) in [5.74, 6) is -0.146. The van der Waals surface area contributed by atoms with Crippen LogP contribution in [-0.4, -0.2) is 29.3 Å². The average molecular weight is 182 g/mol. The molecule has 5 nitrogen and oxygen atoms in total. The highest BCUT2D eigenvalue weighted by Gasteiger charge is 2.13. The van der Waals surface area contributed by atoms with Crippen LogP contribution in [0.2, 0.25) is 0 Å². The molecule has 0 aliphatic carbocycles. The van der Waals surface area contributed by atoms with Gasteiger partial charge in [0.25, 0.3) is 5.91 Å². The Bertz CT molecular complexity index is 305. The largest absolute Gasteiger partial charge is 0.385 e. The normalized spacial score (nSPS) is 9.77. The highest BCUT2D eigenvalue weighted by molar-refractivity contribution is 5.97. The van der Waals surface area contributed by atoms with E-state index in [1.54, 1.807) is 25.0 Å². The molecule has 13 heavy (non-hydrogen) atoms. The predicted octanol–water partition coefficient (Wildman–Crippen LogP) is 0.211. The van der Waals surface area contributed by atoms with Gasteiger partial charge in [0.05, 0.1) is 5.69 Å². The van der Waals surface area contributed by atoms with Crippen molar-refractivity contribution in [2.75, 3.05) is 18.9 Å². The first-order valence-corrected chi connectivity index (χ1v) is 4.18. The standard InChI is InChI=1S/C8H14N4O/c1-4-10-8(13)7-6(9-2)5-12(3)11-7/h5,9H,4H2,1-3H3,(H,10,13). The summed E-state index contributed by atoms with van der Waals surface area (Å²) in [5.41, 5.74) is 1.18. The summed E-state index contributed by atoms with van der Waals surface area (Å²) >= 11 is 0. The Morgan fingerprint density at radius 2 is 2.38 bits per heavy atom. The van der Waals surface area contributed by atoms with Crippen LogP contribution in [0.1, 0.15) is 17.4 Å². The molecule has 0 saturated carbocycles. The van der Waals surface area contributed by atoms with Gasteiger partial charge in [-0.3, -0.25) is 9.48 Å². The Morgan fingerprint density at radius 1 is 1.69 bits per heavy atom. The lowest BCUT2D eigenvalue weighted by molar-refractivity contribution is 0.0951. The SMILES string of the molecule is CCNC(=O)c1nn(C)cc1NC. The molecule has 0 spiro atoms. The minimum absolute atomic E-state index is 0.146. The van der Waals surface area contributed by atoms with Crippen molar-refractivity contribution in [2.24, 2.45) is 7.05 Å². The van der Waals surface area contributed by atoms with Crippen LogP contribution >= 0.6 is 0 Å². The quantitative estimate of drug-likeness (QED) is 0.702. The Hall–Kier alpha value is -1.52. The first kappa shape index (κ1) is 9.57. The number of carbonyl (C=O) groups excluding carboxylic acids is 1. The maximum absolute atomic E-state index is 11.4. The van der Waals surface area contributed by atoms with Gasteiger partial charge in [-0.15, -0.1) is 0 Å². The van der Waals surface area contributed by atoms with Crippen molar-refractivity contribution >= 4 is 11.6 Å². The molecule has 0 bridgehead atoms. The number of hydrogen-bond donors (Lipinski definition) is 2. The molecule has 1 aromatic rings. The average Bonchev–Trinajstić information content (AvgIpc) is 2.47. The molecule has 0 unspecified atom stereocenters. The van der Waals surface area contributed by atoms with Gasteiger partial charge in [0.1, 0.15) is 0 Å². The summed E-state index contributed by atoms with van der Waals surface area (Å²) in [5, 5.41) is 9.65. The number of aryl methyl sites for hydroxylation is 1. The Kier molecular flexibility index (Phi) is 2.89. The summed E-state index contributed by atoms with van der Waals surface area (Å²) < 4.78 is 1.61. The van der Waals surface area contributed by atoms with E-state index in [1.807, 2.05) is 6.92 Å². The number of anilines is 1. The van der Waals surface area contributed by atoms with Crippen molar-refractivity contribution in [3.8, 4) is 0 Å². The molecule has 0 atom stereocenters. The zero-order valence-corrected chi connectivity index (χ0v) is 8.09. The van der Waals surface area contributed by atoms with E-state index in [1.165, 1.54) is 0 Å². The van der Waals surface area contributed by atoms with E-state index < -0.39 is 0 Å². The van der Waals surface area contributed by atoms with E-state index in [0.717, 1.165) is 5.69 Å². The zero-order chi connectivity index (χ0) is 9.84. The molecule has 2 N–H and O–H groups in total. The molecule has 72 valence electrons. The molecule has 0 fully saturated rings. The number of amides is 1. The minimum atomic E-state index is -0.146. The third-order valence-corrected chi connectivity index (χ3v) is 1.65. The van der Waals surface area contributed by atoms with Gasteiger partial charge in [0, 0.05) is 26.8 Å². The molecule has 5 heteroatoms. The molecule has 1 aromatic heterocycles. The third-order valence-electron chi connectivity index (χ3n) is 1.65. The fourth-order valence-electron chi connectivity index (χ4n) is 1.08. The third kappa shape index (κ3) is 1.99. The van der Waals surface area contributed by atoms with Gasteiger partial charge >= 0.3 is 0 Å². The van der Waals surface area contributed by atoms with Crippen LogP contribution in [0.25, 0.3) is 0 Å². The lowest BCUT2D eigenvalue weighted by atomic mass is 10.3. The molecule has 0 aliphatic rings. The zero-order valence-electron chi connectivity index (χ0n) is 8.09. The van der Waals surface area contributed by atoms with Crippen LogP contribution in [0.3, 0.4) is 0 Å². The number of carbonyl (C=O) groups is 1. The predicted molar refractivity (Wildman–Crippen MR) is 50.8 cm³/mol. The molecule has 0 saturated heterocycles. The molecule has 1 rings (SSSR count). The summed E-state index contributed by atoms with van der Waals surface area (Å²) in [6, 6.07) is 0. The Labute approximate surface area is 77.1 Å². The van der Waals surface area contributed by atoms with E-state index >= 15 is 0 Å². The van der Waals surface area contributed by atoms with Crippen LogP contribution in [-0.2, 0) is 7.05 Å². The number of hydrogen-bond acceptors (Lipinski definition) is 3. The number of nitrogens with one attached hydrogen (secondary N) is 2. The highest BCUT2D eigenvalue weighted by Crippen LogP contribution is 2.11. The molecule has 0 radical (unpaired) electrons. The van der Waals surface area contributed by atoms with E-state index in [-0.39, 0.29) is 5.91 Å². The van der Waals surface area contributed by atoms with Crippen LogP contribution in [0.4, 0.5) is 5.69 Å². The van der Waals surface area contributed by atoms with E-state index in [0.29, 0.717) is 12.2 Å². The molecule has 0 aliphatic heterocycles. The van der Waals surface area contributed by atoms with Crippen molar-refractivity contribution < 1.29 is 4.79 Å².